The monoisotopic (exact) mass is 252 g/mol. The molecule has 0 saturated heterocycles. The van der Waals surface area contributed by atoms with Gasteiger partial charge in [-0.2, -0.15) is 5.26 Å². The van der Waals surface area contributed by atoms with Crippen LogP contribution >= 0.6 is 0 Å². The smallest absolute Gasteiger partial charge is 0.411 e. The van der Waals surface area contributed by atoms with Crippen LogP contribution in [0.4, 0.5) is 4.79 Å². The zero-order valence-electron chi connectivity index (χ0n) is 10.6. The minimum Gasteiger partial charge on any atom is -0.479 e. The summed E-state index contributed by atoms with van der Waals surface area (Å²) in [5.74, 6) is -1.65. The quantitative estimate of drug-likeness (QED) is 0.712. The zero-order chi connectivity index (χ0) is 13.9. The first-order valence-corrected chi connectivity index (χ1v) is 5.55. The van der Waals surface area contributed by atoms with Gasteiger partial charge < -0.3 is 9.84 Å². The number of nitrogens with zero attached hydrogens (tertiary/aromatic N) is 2. The van der Waals surface area contributed by atoms with E-state index in [0.29, 0.717) is 0 Å². The van der Waals surface area contributed by atoms with Crippen molar-refractivity contribution >= 4 is 12.1 Å². The highest BCUT2D eigenvalue weighted by atomic mass is 16.6. The Morgan fingerprint density at radius 3 is 2.50 bits per heavy atom. The fourth-order valence-electron chi connectivity index (χ4n) is 1.54. The third-order valence-corrected chi connectivity index (χ3v) is 2.30. The Kier molecular flexibility index (Phi) is 3.96. The summed E-state index contributed by atoms with van der Waals surface area (Å²) >= 11 is 0. The normalized spacial score (nSPS) is 23.3. The van der Waals surface area contributed by atoms with Crippen molar-refractivity contribution in [3.05, 3.63) is 12.2 Å². The second-order valence-electron chi connectivity index (χ2n) is 5.04. The third-order valence-electron chi connectivity index (χ3n) is 2.30. The molecule has 0 unspecified atom stereocenters. The highest BCUT2D eigenvalue weighted by Gasteiger charge is 2.35. The molecule has 18 heavy (non-hydrogen) atoms. The number of aliphatic carboxylic acids is 1. The van der Waals surface area contributed by atoms with Gasteiger partial charge in [0.1, 0.15) is 5.60 Å². The molecule has 1 heterocycles. The van der Waals surface area contributed by atoms with Gasteiger partial charge in [-0.05, 0) is 20.8 Å². The fraction of sp³-hybridized carbons (Fsp3) is 0.583. The van der Waals surface area contributed by atoms with Crippen LogP contribution < -0.4 is 0 Å². The lowest BCUT2D eigenvalue weighted by atomic mass is 10.0. The van der Waals surface area contributed by atoms with Gasteiger partial charge in [0.25, 0.3) is 0 Å². The number of rotatable bonds is 1. The van der Waals surface area contributed by atoms with Crippen LogP contribution in [0.5, 0.6) is 0 Å². The molecule has 0 aliphatic carbocycles. The minimum absolute atomic E-state index is 0.0267. The molecule has 0 saturated carbocycles. The van der Waals surface area contributed by atoms with Crippen molar-refractivity contribution < 1.29 is 19.4 Å². The third kappa shape index (κ3) is 3.48. The second-order valence-corrected chi connectivity index (χ2v) is 5.04. The summed E-state index contributed by atoms with van der Waals surface area (Å²) in [5.41, 5.74) is -0.705. The first-order chi connectivity index (χ1) is 8.24. The topological polar surface area (TPSA) is 90.6 Å². The molecule has 2 atom stereocenters. The molecule has 1 rings (SSSR count). The maximum Gasteiger partial charge on any atom is 0.411 e. The van der Waals surface area contributed by atoms with Crippen LogP contribution in [0.2, 0.25) is 0 Å². The summed E-state index contributed by atoms with van der Waals surface area (Å²) in [7, 11) is 0. The predicted molar refractivity (Wildman–Crippen MR) is 62.6 cm³/mol. The molecule has 1 amide bonds. The van der Waals surface area contributed by atoms with Gasteiger partial charge in [-0.15, -0.1) is 0 Å². The predicted octanol–water partition coefficient (Wildman–Crippen LogP) is 1.39. The van der Waals surface area contributed by atoms with Crippen molar-refractivity contribution in [2.24, 2.45) is 5.92 Å². The van der Waals surface area contributed by atoms with E-state index in [1.807, 2.05) is 6.07 Å². The number of amides is 1. The van der Waals surface area contributed by atoms with Crippen LogP contribution in [0.15, 0.2) is 12.2 Å². The maximum absolute atomic E-state index is 11.9. The Morgan fingerprint density at radius 2 is 2.06 bits per heavy atom. The van der Waals surface area contributed by atoms with Gasteiger partial charge in [0.05, 0.1) is 12.0 Å². The van der Waals surface area contributed by atoms with E-state index in [0.717, 1.165) is 4.90 Å². The van der Waals surface area contributed by atoms with E-state index < -0.39 is 29.6 Å². The van der Waals surface area contributed by atoms with Crippen molar-refractivity contribution in [1.29, 1.82) is 5.26 Å². The van der Waals surface area contributed by atoms with Crippen LogP contribution in [-0.2, 0) is 9.53 Å². The first kappa shape index (κ1) is 14.0. The van der Waals surface area contributed by atoms with Crippen molar-refractivity contribution in [1.82, 2.24) is 4.90 Å². The summed E-state index contributed by atoms with van der Waals surface area (Å²) in [6.07, 6.45) is 2.11. The van der Waals surface area contributed by atoms with Crippen molar-refractivity contribution in [3.8, 4) is 6.07 Å². The molecular weight excluding hydrogens is 236 g/mol. The fourth-order valence-corrected chi connectivity index (χ4v) is 1.54. The molecule has 98 valence electrons. The van der Waals surface area contributed by atoms with Gasteiger partial charge in [0.2, 0.25) is 0 Å². The number of carbonyl (C=O) groups excluding carboxylic acids is 1. The molecular formula is C12H16N2O4. The molecule has 0 bridgehead atoms. The highest BCUT2D eigenvalue weighted by molar-refractivity contribution is 5.82. The van der Waals surface area contributed by atoms with Crippen LogP contribution in [0.3, 0.4) is 0 Å². The summed E-state index contributed by atoms with van der Waals surface area (Å²) < 4.78 is 5.13. The first-order valence-electron chi connectivity index (χ1n) is 5.55. The van der Waals surface area contributed by atoms with Crippen LogP contribution in [0.1, 0.15) is 20.8 Å². The molecule has 0 aromatic carbocycles. The molecule has 1 N–H and O–H groups in total. The number of hydrogen-bond acceptors (Lipinski definition) is 4. The lowest BCUT2D eigenvalue weighted by Crippen LogP contribution is -2.49. The van der Waals surface area contributed by atoms with Crippen LogP contribution in [0.25, 0.3) is 0 Å². The maximum atomic E-state index is 11.9. The molecule has 0 aromatic heterocycles. The van der Waals surface area contributed by atoms with Gasteiger partial charge >= 0.3 is 12.1 Å². The summed E-state index contributed by atoms with van der Waals surface area (Å²) in [4.78, 5) is 24.0. The second kappa shape index (κ2) is 5.08. The molecule has 0 radical (unpaired) electrons. The van der Waals surface area contributed by atoms with Crippen LogP contribution in [0, 0.1) is 17.2 Å². The SMILES string of the molecule is CC(C)(C)OC(=O)N1C[C@@H](C#N)C=C[C@H]1C(=O)O. The minimum atomic E-state index is -1.14. The number of ether oxygens (including phenoxy) is 1. The van der Waals surface area contributed by atoms with Gasteiger partial charge in [-0.25, -0.2) is 9.59 Å². The molecule has 1 aliphatic heterocycles. The summed E-state index contributed by atoms with van der Waals surface area (Å²) in [6.45, 7) is 5.12. The van der Waals surface area contributed by atoms with Gasteiger partial charge in [-0.1, -0.05) is 12.2 Å². The average Bonchev–Trinajstić information content (AvgIpc) is 2.25. The Labute approximate surface area is 105 Å². The lowest BCUT2D eigenvalue weighted by molar-refractivity contribution is -0.141. The molecule has 1 aliphatic rings. The van der Waals surface area contributed by atoms with Gasteiger partial charge in [0.15, 0.2) is 6.04 Å². The molecule has 6 heteroatoms. The van der Waals surface area contributed by atoms with E-state index >= 15 is 0 Å². The standard InChI is InChI=1S/C12H16N2O4/c1-12(2,3)18-11(17)14-7-8(6-13)4-5-9(14)10(15)16/h4-5,8-9H,7H2,1-3H3,(H,15,16)/t8-,9+/m1/s1. The Hall–Kier alpha value is -2.03. The van der Waals surface area contributed by atoms with Crippen LogP contribution in [-0.4, -0.2) is 40.3 Å². The Morgan fingerprint density at radius 1 is 1.44 bits per heavy atom. The number of hydrogen-bond donors (Lipinski definition) is 1. The van der Waals surface area contributed by atoms with E-state index in [-0.39, 0.29) is 6.54 Å². The van der Waals surface area contributed by atoms with E-state index in [2.05, 4.69) is 0 Å². The van der Waals surface area contributed by atoms with E-state index in [1.54, 1.807) is 20.8 Å². The lowest BCUT2D eigenvalue weighted by Gasteiger charge is -2.33. The number of nitriles is 1. The summed E-state index contributed by atoms with van der Waals surface area (Å²) in [5, 5.41) is 17.9. The highest BCUT2D eigenvalue weighted by Crippen LogP contribution is 2.19. The number of carbonyl (C=O) groups is 2. The van der Waals surface area contributed by atoms with Gasteiger partial charge in [-0.3, -0.25) is 4.90 Å². The molecule has 6 nitrogen and oxygen atoms in total. The number of carboxylic acid groups (broad SMARTS) is 1. The molecule has 0 spiro atoms. The molecule has 0 aromatic rings. The number of carboxylic acids is 1. The Bertz CT molecular complexity index is 417. The van der Waals surface area contributed by atoms with E-state index in [9.17, 15) is 9.59 Å². The average molecular weight is 252 g/mol. The molecule has 0 fully saturated rings. The van der Waals surface area contributed by atoms with Crippen molar-refractivity contribution in [3.63, 3.8) is 0 Å². The zero-order valence-corrected chi connectivity index (χ0v) is 10.6. The van der Waals surface area contributed by atoms with E-state index in [4.69, 9.17) is 15.1 Å². The van der Waals surface area contributed by atoms with Gasteiger partial charge in [0, 0.05) is 6.54 Å². The van der Waals surface area contributed by atoms with Crippen molar-refractivity contribution in [2.45, 2.75) is 32.4 Å². The van der Waals surface area contributed by atoms with E-state index in [1.165, 1.54) is 12.2 Å². The van der Waals surface area contributed by atoms with Crippen molar-refractivity contribution in [2.75, 3.05) is 6.54 Å². The summed E-state index contributed by atoms with van der Waals surface area (Å²) in [6, 6.07) is 0.903. The largest absolute Gasteiger partial charge is 0.479 e. The Balaban J connectivity index is 2.89.